The Labute approximate surface area is 225 Å². The van der Waals surface area contributed by atoms with Crippen molar-refractivity contribution in [3.05, 3.63) is 75.1 Å². The van der Waals surface area contributed by atoms with Gasteiger partial charge < -0.3 is 29.6 Å². The predicted molar refractivity (Wildman–Crippen MR) is 143 cm³/mol. The van der Waals surface area contributed by atoms with Gasteiger partial charge in [0.1, 0.15) is 24.3 Å². The fraction of sp³-hybridized carbons (Fsp3) is 0.423. The first-order chi connectivity index (χ1) is 17.9. The first-order valence-electron chi connectivity index (χ1n) is 12.3. The Balaban J connectivity index is 1.14. The minimum absolute atomic E-state index is 0.0192. The molecule has 3 aromatic rings. The average Bonchev–Trinajstić information content (AvgIpc) is 3.29. The van der Waals surface area contributed by atoms with E-state index in [-0.39, 0.29) is 17.7 Å². The molecule has 2 aromatic carbocycles. The monoisotopic (exact) mass is 548 g/mol. The molecule has 37 heavy (non-hydrogen) atoms. The summed E-state index contributed by atoms with van der Waals surface area (Å²) in [6.07, 6.45) is 4.12. The highest BCUT2D eigenvalue weighted by atomic mass is 35.5. The van der Waals surface area contributed by atoms with Crippen LogP contribution in [0.3, 0.4) is 0 Å². The molecule has 11 heteroatoms. The molecule has 1 fully saturated rings. The molecule has 9 nitrogen and oxygen atoms in total. The second-order valence-corrected chi connectivity index (χ2v) is 9.86. The number of rotatable bonds is 12. The molecule has 4 rings (SSSR count). The molecule has 0 saturated carbocycles. The van der Waals surface area contributed by atoms with E-state index in [1.54, 1.807) is 0 Å². The van der Waals surface area contributed by atoms with E-state index in [2.05, 4.69) is 9.88 Å². The van der Waals surface area contributed by atoms with E-state index >= 15 is 0 Å². The van der Waals surface area contributed by atoms with Gasteiger partial charge in [0.15, 0.2) is 0 Å². The molecule has 198 valence electrons. The molecular weight excluding hydrogens is 519 g/mol. The Hall–Kier alpha value is -3.01. The maximum atomic E-state index is 10.8. The summed E-state index contributed by atoms with van der Waals surface area (Å²) in [6.45, 7) is 3.11. The van der Waals surface area contributed by atoms with Crippen molar-refractivity contribution < 1.29 is 19.5 Å². The largest absolute Gasteiger partial charge is 0.494 e. The summed E-state index contributed by atoms with van der Waals surface area (Å²) in [4.78, 5) is 16.2. The van der Waals surface area contributed by atoms with Crippen LogP contribution < -0.4 is 14.4 Å². The van der Waals surface area contributed by atoms with Gasteiger partial charge in [-0.05, 0) is 102 Å². The molecule has 0 bridgehead atoms. The summed E-state index contributed by atoms with van der Waals surface area (Å²) in [6, 6.07) is 15.4. The summed E-state index contributed by atoms with van der Waals surface area (Å²) in [5, 5.41) is 21.8. The fourth-order valence-corrected chi connectivity index (χ4v) is 4.64. The van der Waals surface area contributed by atoms with Gasteiger partial charge in [-0.1, -0.05) is 11.6 Å². The second-order valence-electron chi connectivity index (χ2n) is 9.09. The van der Waals surface area contributed by atoms with Gasteiger partial charge in [-0.15, -0.1) is 0 Å². The molecular formula is C26H30Cl2N4O5. The molecule has 1 N–H and O–H groups in total. The third-order valence-corrected chi connectivity index (χ3v) is 7.03. The van der Waals surface area contributed by atoms with Crippen LogP contribution >= 0.6 is 23.2 Å². The van der Waals surface area contributed by atoms with Gasteiger partial charge in [-0.2, -0.15) is 0 Å². The van der Waals surface area contributed by atoms with Crippen LogP contribution in [0.2, 0.25) is 10.3 Å². The van der Waals surface area contributed by atoms with E-state index in [9.17, 15) is 15.2 Å². The SMILES string of the molecule is O=[N+]([O-])c1cn(CCC(O)COc2ccc(N3CCC(CCOc4ccc(Cl)cc4)CC3)cc2)c(Cl)n1. The number of nitrogens with zero attached hydrogens (tertiary/aromatic N) is 4. The zero-order chi connectivity index (χ0) is 26.2. The summed E-state index contributed by atoms with van der Waals surface area (Å²) in [5.74, 6) is 1.86. The smallest absolute Gasteiger partial charge is 0.383 e. The first-order valence-corrected chi connectivity index (χ1v) is 13.0. The number of aliphatic hydroxyl groups excluding tert-OH is 1. The molecule has 0 aliphatic carbocycles. The van der Waals surface area contributed by atoms with Gasteiger partial charge in [0.2, 0.25) is 0 Å². The number of hydrogen-bond acceptors (Lipinski definition) is 7. The maximum absolute atomic E-state index is 10.8. The predicted octanol–water partition coefficient (Wildman–Crippen LogP) is 5.61. The number of hydrogen-bond donors (Lipinski definition) is 1. The van der Waals surface area contributed by atoms with Gasteiger partial charge in [0.25, 0.3) is 0 Å². The Morgan fingerprint density at radius 2 is 1.70 bits per heavy atom. The molecule has 1 atom stereocenters. The van der Waals surface area contributed by atoms with E-state index < -0.39 is 11.0 Å². The Kier molecular flexibility index (Phi) is 9.49. The van der Waals surface area contributed by atoms with Crippen LogP contribution in [0.4, 0.5) is 11.5 Å². The van der Waals surface area contributed by atoms with E-state index in [4.69, 9.17) is 32.7 Å². The summed E-state index contributed by atoms with van der Waals surface area (Å²) in [5.41, 5.74) is 1.15. The van der Waals surface area contributed by atoms with Crippen LogP contribution in [0.15, 0.2) is 54.7 Å². The van der Waals surface area contributed by atoms with Gasteiger partial charge in [0, 0.05) is 30.3 Å². The molecule has 1 saturated heterocycles. The lowest BCUT2D eigenvalue weighted by atomic mass is 9.93. The number of aromatic nitrogens is 2. The molecule has 1 aliphatic heterocycles. The van der Waals surface area contributed by atoms with Crippen molar-refractivity contribution in [2.24, 2.45) is 5.92 Å². The minimum Gasteiger partial charge on any atom is -0.494 e. The highest BCUT2D eigenvalue weighted by Crippen LogP contribution is 2.27. The number of nitro groups is 1. The van der Waals surface area contributed by atoms with Gasteiger partial charge in [0.05, 0.1) is 12.7 Å². The van der Waals surface area contributed by atoms with Crippen LogP contribution in [-0.2, 0) is 6.54 Å². The number of imidazole rings is 1. The van der Waals surface area contributed by atoms with E-state index in [0.29, 0.717) is 36.3 Å². The van der Waals surface area contributed by atoms with Crippen molar-refractivity contribution in [2.75, 3.05) is 31.2 Å². The fourth-order valence-electron chi connectivity index (χ4n) is 4.30. The number of piperidine rings is 1. The summed E-state index contributed by atoms with van der Waals surface area (Å²) < 4.78 is 13.0. The Bertz CT molecular complexity index is 1150. The van der Waals surface area contributed by atoms with Crippen molar-refractivity contribution in [3.63, 3.8) is 0 Å². The highest BCUT2D eigenvalue weighted by Gasteiger charge is 2.20. The van der Waals surface area contributed by atoms with Crippen molar-refractivity contribution in [1.29, 1.82) is 0 Å². The maximum Gasteiger partial charge on any atom is 0.383 e. The van der Waals surface area contributed by atoms with Gasteiger partial charge >= 0.3 is 11.1 Å². The van der Waals surface area contributed by atoms with Gasteiger partial charge in [-0.25, -0.2) is 0 Å². The van der Waals surface area contributed by atoms with Crippen LogP contribution in [0, 0.1) is 16.0 Å². The molecule has 1 unspecified atom stereocenters. The summed E-state index contributed by atoms with van der Waals surface area (Å²) >= 11 is 11.8. The van der Waals surface area contributed by atoms with Crippen molar-refractivity contribution in [1.82, 2.24) is 9.55 Å². The summed E-state index contributed by atoms with van der Waals surface area (Å²) in [7, 11) is 0. The van der Waals surface area contributed by atoms with Crippen molar-refractivity contribution in [3.8, 4) is 11.5 Å². The Morgan fingerprint density at radius 1 is 1.05 bits per heavy atom. The number of ether oxygens (including phenoxy) is 2. The lowest BCUT2D eigenvalue weighted by molar-refractivity contribution is -0.389. The highest BCUT2D eigenvalue weighted by molar-refractivity contribution is 6.30. The third-order valence-electron chi connectivity index (χ3n) is 6.47. The number of anilines is 1. The van der Waals surface area contributed by atoms with Crippen molar-refractivity contribution >= 4 is 34.7 Å². The molecule has 1 aromatic heterocycles. The molecule has 1 aliphatic rings. The van der Waals surface area contributed by atoms with E-state index in [0.717, 1.165) is 43.8 Å². The van der Waals surface area contributed by atoms with Crippen LogP contribution in [0.25, 0.3) is 0 Å². The zero-order valence-electron chi connectivity index (χ0n) is 20.3. The van der Waals surface area contributed by atoms with Crippen LogP contribution in [0.5, 0.6) is 11.5 Å². The Morgan fingerprint density at radius 3 is 2.35 bits per heavy atom. The average molecular weight is 549 g/mol. The number of benzene rings is 2. The van der Waals surface area contributed by atoms with Crippen molar-refractivity contribution in [2.45, 2.75) is 38.3 Å². The third kappa shape index (κ3) is 7.99. The lowest BCUT2D eigenvalue weighted by Crippen LogP contribution is -2.34. The second kappa shape index (κ2) is 13.0. The normalized spacial score (nSPS) is 14.9. The number of aliphatic hydroxyl groups is 1. The topological polar surface area (TPSA) is 103 Å². The molecule has 2 heterocycles. The molecule has 0 spiro atoms. The van der Waals surface area contributed by atoms with Gasteiger partial charge in [-0.3, -0.25) is 4.57 Å². The molecule has 0 amide bonds. The molecule has 0 radical (unpaired) electrons. The van der Waals surface area contributed by atoms with E-state index in [1.807, 2.05) is 48.5 Å². The van der Waals surface area contributed by atoms with E-state index in [1.165, 1.54) is 10.8 Å². The van der Waals surface area contributed by atoms with Crippen LogP contribution in [0.1, 0.15) is 25.7 Å². The minimum atomic E-state index is -0.750. The first kappa shape index (κ1) is 27.0. The lowest BCUT2D eigenvalue weighted by Gasteiger charge is -2.33. The zero-order valence-corrected chi connectivity index (χ0v) is 21.9. The quantitative estimate of drug-likeness (QED) is 0.231. The number of aryl methyl sites for hydroxylation is 1. The standard InChI is InChI=1S/C26H30Cl2N4O5/c27-20-1-5-23(6-2-20)36-16-12-19-9-13-30(14-10-19)21-3-7-24(8-4-21)37-18-22(33)11-15-31-17-25(32(34)35)29-26(31)28/h1-8,17,19,22,33H,9-16,18H2. The number of halogens is 2. The van der Waals surface area contributed by atoms with Crippen LogP contribution in [-0.4, -0.2) is 52.0 Å².